The topological polar surface area (TPSA) is 103 Å². The summed E-state index contributed by atoms with van der Waals surface area (Å²) >= 11 is 0. The van der Waals surface area contributed by atoms with Gasteiger partial charge in [0, 0.05) is 51.7 Å². The number of ether oxygens (including phenoxy) is 1. The zero-order valence-electron chi connectivity index (χ0n) is 19.1. The van der Waals surface area contributed by atoms with Crippen LogP contribution in [0.4, 0.5) is 11.6 Å². The number of carbonyl (C=O) groups is 1. The van der Waals surface area contributed by atoms with E-state index in [1.165, 1.54) is 0 Å². The molecule has 0 spiro atoms. The minimum atomic E-state index is 0.0372. The molecule has 0 radical (unpaired) electrons. The van der Waals surface area contributed by atoms with Crippen LogP contribution >= 0.6 is 0 Å². The lowest BCUT2D eigenvalue weighted by atomic mass is 9.96. The van der Waals surface area contributed by atoms with Gasteiger partial charge in [-0.3, -0.25) is 9.69 Å². The summed E-state index contributed by atoms with van der Waals surface area (Å²) in [5.41, 5.74) is 1.10. The highest BCUT2D eigenvalue weighted by Crippen LogP contribution is 2.22. The van der Waals surface area contributed by atoms with Crippen molar-refractivity contribution in [2.45, 2.75) is 19.3 Å². The fraction of sp³-hybridized carbons (Fsp3) is 0.542. The molecular formula is C24H34N6O3. The van der Waals surface area contributed by atoms with E-state index in [9.17, 15) is 9.90 Å². The second kappa shape index (κ2) is 11.8. The van der Waals surface area contributed by atoms with Gasteiger partial charge in [0.15, 0.2) is 5.82 Å². The fourth-order valence-electron chi connectivity index (χ4n) is 4.26. The molecule has 2 aliphatic rings. The third-order valence-electron chi connectivity index (χ3n) is 6.33. The lowest BCUT2D eigenvalue weighted by Crippen LogP contribution is -2.41. The molecule has 0 unspecified atom stereocenters. The van der Waals surface area contributed by atoms with Gasteiger partial charge in [-0.05, 0) is 49.1 Å². The highest BCUT2D eigenvalue weighted by atomic mass is 16.5. The van der Waals surface area contributed by atoms with Crippen molar-refractivity contribution < 1.29 is 14.6 Å². The molecule has 2 saturated heterocycles. The summed E-state index contributed by atoms with van der Waals surface area (Å²) in [6, 6.07) is 11.1. The zero-order valence-corrected chi connectivity index (χ0v) is 19.1. The molecule has 0 saturated carbocycles. The quantitative estimate of drug-likeness (QED) is 0.524. The van der Waals surface area contributed by atoms with Gasteiger partial charge in [0.2, 0.25) is 5.91 Å². The van der Waals surface area contributed by atoms with E-state index in [0.717, 1.165) is 88.9 Å². The number of hydrogen-bond donors (Lipinski definition) is 3. The van der Waals surface area contributed by atoms with Crippen LogP contribution in [-0.4, -0.2) is 85.1 Å². The molecular weight excluding hydrogens is 420 g/mol. The Morgan fingerprint density at radius 3 is 2.45 bits per heavy atom. The Labute approximate surface area is 195 Å². The fourth-order valence-corrected chi connectivity index (χ4v) is 4.26. The first-order valence-electron chi connectivity index (χ1n) is 11.9. The highest BCUT2D eigenvalue weighted by molar-refractivity contribution is 5.79. The molecule has 3 heterocycles. The number of nitrogens with zero attached hydrogens (tertiary/aromatic N) is 4. The Morgan fingerprint density at radius 1 is 1.00 bits per heavy atom. The third-order valence-corrected chi connectivity index (χ3v) is 6.33. The smallest absolute Gasteiger partial charge is 0.223 e. The molecule has 9 nitrogen and oxygen atoms in total. The van der Waals surface area contributed by atoms with Gasteiger partial charge in [-0.2, -0.15) is 0 Å². The molecule has 3 N–H and O–H groups in total. The number of phenolic OH excluding ortho intramolecular Hbond substituents is 1. The van der Waals surface area contributed by atoms with Gasteiger partial charge in [-0.1, -0.05) is 12.1 Å². The Morgan fingerprint density at radius 2 is 1.76 bits per heavy atom. The second-order valence-corrected chi connectivity index (χ2v) is 8.63. The molecule has 33 heavy (non-hydrogen) atoms. The molecule has 4 rings (SSSR count). The van der Waals surface area contributed by atoms with E-state index in [4.69, 9.17) is 4.74 Å². The van der Waals surface area contributed by atoms with Crippen molar-refractivity contribution in [2.75, 3.05) is 69.2 Å². The number of piperidine rings is 1. The van der Waals surface area contributed by atoms with Crippen LogP contribution in [-0.2, 0) is 16.0 Å². The van der Waals surface area contributed by atoms with Gasteiger partial charge < -0.3 is 25.4 Å². The molecule has 0 bridgehead atoms. The number of anilines is 2. The number of hydrogen-bond acceptors (Lipinski definition) is 8. The normalized spacial score (nSPS) is 17.6. The molecule has 1 aromatic carbocycles. The van der Waals surface area contributed by atoms with E-state index in [-0.39, 0.29) is 17.6 Å². The molecule has 9 heteroatoms. The van der Waals surface area contributed by atoms with E-state index in [0.29, 0.717) is 6.54 Å². The Balaban J connectivity index is 1.14. The Kier molecular flexibility index (Phi) is 8.32. The van der Waals surface area contributed by atoms with Crippen molar-refractivity contribution in [3.8, 4) is 5.75 Å². The minimum Gasteiger partial charge on any atom is -0.508 e. The van der Waals surface area contributed by atoms with E-state index >= 15 is 0 Å². The van der Waals surface area contributed by atoms with Crippen LogP contribution < -0.4 is 15.5 Å². The van der Waals surface area contributed by atoms with Crippen LogP contribution in [0.3, 0.4) is 0 Å². The number of phenols is 1. The van der Waals surface area contributed by atoms with E-state index in [1.54, 1.807) is 12.1 Å². The molecule has 0 atom stereocenters. The number of amides is 1. The van der Waals surface area contributed by atoms with Crippen molar-refractivity contribution in [1.29, 1.82) is 0 Å². The molecule has 1 amide bonds. The average Bonchev–Trinajstić information content (AvgIpc) is 2.86. The summed E-state index contributed by atoms with van der Waals surface area (Å²) in [5, 5.41) is 24.5. The van der Waals surface area contributed by atoms with E-state index in [1.807, 2.05) is 24.3 Å². The van der Waals surface area contributed by atoms with Gasteiger partial charge in [-0.15, -0.1) is 10.2 Å². The van der Waals surface area contributed by atoms with Gasteiger partial charge in [0.25, 0.3) is 0 Å². The van der Waals surface area contributed by atoms with Gasteiger partial charge in [0.1, 0.15) is 11.6 Å². The minimum absolute atomic E-state index is 0.0372. The Hall–Kier alpha value is -2.91. The zero-order chi connectivity index (χ0) is 22.9. The van der Waals surface area contributed by atoms with Crippen LogP contribution in [0.15, 0.2) is 36.4 Å². The number of carbonyl (C=O) groups excluding carboxylic acids is 1. The summed E-state index contributed by atoms with van der Waals surface area (Å²) in [7, 11) is 0. The SMILES string of the molecule is O=C(NCCc1ccc(O)cc1)C1CCN(c2ccc(NCCN3CCOCC3)nn2)CC1. The summed E-state index contributed by atoms with van der Waals surface area (Å²) in [6.07, 6.45) is 2.38. The number of morpholine rings is 1. The molecule has 2 fully saturated rings. The predicted molar refractivity (Wildman–Crippen MR) is 128 cm³/mol. The standard InChI is InChI=1S/C24H34N6O3/c31-21-3-1-19(2-4-21)7-10-26-24(32)20-8-12-30(13-9-20)23-6-5-22(27-28-23)25-11-14-29-15-17-33-18-16-29/h1-6,20,31H,7-18H2,(H,25,27)(H,26,32). The summed E-state index contributed by atoms with van der Waals surface area (Å²) in [4.78, 5) is 17.1. The van der Waals surface area contributed by atoms with Crippen LogP contribution in [0.25, 0.3) is 0 Å². The number of aromatic nitrogens is 2. The van der Waals surface area contributed by atoms with Gasteiger partial charge in [-0.25, -0.2) is 0 Å². The first-order chi connectivity index (χ1) is 16.2. The van der Waals surface area contributed by atoms with E-state index < -0.39 is 0 Å². The molecule has 0 aliphatic carbocycles. The maximum atomic E-state index is 12.5. The monoisotopic (exact) mass is 454 g/mol. The maximum Gasteiger partial charge on any atom is 0.223 e. The van der Waals surface area contributed by atoms with Crippen LogP contribution in [0, 0.1) is 5.92 Å². The molecule has 2 aromatic rings. The largest absolute Gasteiger partial charge is 0.508 e. The lowest BCUT2D eigenvalue weighted by Gasteiger charge is -2.31. The van der Waals surface area contributed by atoms with E-state index in [2.05, 4.69) is 30.6 Å². The van der Waals surface area contributed by atoms with Crippen LogP contribution in [0.5, 0.6) is 5.75 Å². The van der Waals surface area contributed by atoms with Crippen molar-refractivity contribution in [3.05, 3.63) is 42.0 Å². The summed E-state index contributed by atoms with van der Waals surface area (Å²) < 4.78 is 5.37. The Bertz CT molecular complexity index is 863. The van der Waals surface area contributed by atoms with Gasteiger partial charge >= 0.3 is 0 Å². The lowest BCUT2D eigenvalue weighted by molar-refractivity contribution is -0.125. The first-order valence-corrected chi connectivity index (χ1v) is 11.9. The van der Waals surface area contributed by atoms with Gasteiger partial charge in [0.05, 0.1) is 13.2 Å². The number of nitrogens with one attached hydrogen (secondary N) is 2. The maximum absolute atomic E-state index is 12.5. The molecule has 1 aromatic heterocycles. The second-order valence-electron chi connectivity index (χ2n) is 8.63. The van der Waals surface area contributed by atoms with Crippen molar-refractivity contribution in [2.24, 2.45) is 5.92 Å². The third kappa shape index (κ3) is 7.03. The summed E-state index contributed by atoms with van der Waals surface area (Å²) in [6.45, 7) is 7.60. The number of aromatic hydroxyl groups is 1. The first kappa shape index (κ1) is 23.3. The number of rotatable bonds is 9. The molecule has 2 aliphatic heterocycles. The van der Waals surface area contributed by atoms with Crippen LogP contribution in [0.1, 0.15) is 18.4 Å². The van der Waals surface area contributed by atoms with Crippen molar-refractivity contribution in [1.82, 2.24) is 20.4 Å². The number of benzene rings is 1. The summed E-state index contributed by atoms with van der Waals surface area (Å²) in [5.74, 6) is 2.07. The average molecular weight is 455 g/mol. The molecule has 178 valence electrons. The predicted octanol–water partition coefficient (Wildman–Crippen LogP) is 1.50. The highest BCUT2D eigenvalue weighted by Gasteiger charge is 2.25. The van der Waals surface area contributed by atoms with Crippen molar-refractivity contribution in [3.63, 3.8) is 0 Å². The van der Waals surface area contributed by atoms with Crippen molar-refractivity contribution >= 4 is 17.5 Å². The van der Waals surface area contributed by atoms with Crippen LogP contribution in [0.2, 0.25) is 0 Å².